The zero-order valence-electron chi connectivity index (χ0n) is 10.3. The number of hydrogen-bond acceptors (Lipinski definition) is 5. The molecule has 0 aromatic rings. The summed E-state index contributed by atoms with van der Waals surface area (Å²) in [5.41, 5.74) is 0. The molecule has 0 fully saturated rings. The van der Waals surface area contributed by atoms with Crippen molar-refractivity contribution in [2.24, 2.45) is 5.92 Å². The molecule has 2 N–H and O–H groups in total. The number of hydrogen-bond donors (Lipinski definition) is 2. The van der Waals surface area contributed by atoms with Crippen molar-refractivity contribution in [3.63, 3.8) is 0 Å². The van der Waals surface area contributed by atoms with Crippen LogP contribution in [0.2, 0.25) is 0 Å². The van der Waals surface area contributed by atoms with Crippen molar-refractivity contribution in [1.29, 1.82) is 0 Å². The summed E-state index contributed by atoms with van der Waals surface area (Å²) in [6.07, 6.45) is 3.20. The molecule has 0 aromatic heterocycles. The predicted molar refractivity (Wildman–Crippen MR) is 66.6 cm³/mol. The molecule has 0 bridgehead atoms. The summed E-state index contributed by atoms with van der Waals surface area (Å²) in [7, 11) is -6.96. The molecule has 0 aromatic carbocycles. The molecule has 0 rings (SSSR count). The van der Waals surface area contributed by atoms with Gasteiger partial charge in [-0.2, -0.15) is 0 Å². The number of nitrogens with one attached hydrogen (secondary N) is 1. The Morgan fingerprint density at radius 3 is 1.94 bits per heavy atom. The van der Waals surface area contributed by atoms with Crippen LogP contribution in [-0.4, -0.2) is 47.1 Å². The van der Waals surface area contributed by atoms with Crippen LogP contribution in [0.4, 0.5) is 0 Å². The van der Waals surface area contributed by atoms with Crippen molar-refractivity contribution in [2.75, 3.05) is 19.1 Å². The van der Waals surface area contributed by atoms with Gasteiger partial charge in [0, 0.05) is 12.3 Å². The molecule has 0 aliphatic carbocycles. The lowest BCUT2D eigenvalue weighted by molar-refractivity contribution is 0.336. The van der Waals surface area contributed by atoms with E-state index in [0.717, 1.165) is 12.5 Å². The van der Waals surface area contributed by atoms with E-state index in [1.54, 1.807) is 13.8 Å². The fourth-order valence-electron chi connectivity index (χ4n) is 1.10. The average Bonchev–Trinajstić information content (AvgIpc) is 2.07. The minimum absolute atomic E-state index is 0.131. The molecule has 17 heavy (non-hydrogen) atoms. The summed E-state index contributed by atoms with van der Waals surface area (Å²) in [4.78, 5) is -0.188. The molecule has 0 aliphatic heterocycles. The van der Waals surface area contributed by atoms with Crippen molar-refractivity contribution in [3.05, 3.63) is 11.0 Å². The van der Waals surface area contributed by atoms with Crippen molar-refractivity contribution in [3.8, 4) is 0 Å². The summed E-state index contributed by atoms with van der Waals surface area (Å²) in [5, 5.41) is 8.97. The Morgan fingerprint density at radius 1 is 1.24 bits per heavy atom. The molecule has 0 unspecified atom stereocenters. The Labute approximate surface area is 103 Å². The molecule has 6 nitrogen and oxygen atoms in total. The SMILES string of the molecule is CC(C)[C@@H](/C=C(/CO)S(C)(=O)=O)NS(C)(=O)=O. The van der Waals surface area contributed by atoms with E-state index in [9.17, 15) is 16.8 Å². The Morgan fingerprint density at radius 2 is 1.71 bits per heavy atom. The van der Waals surface area contributed by atoms with E-state index >= 15 is 0 Å². The third kappa shape index (κ3) is 6.77. The van der Waals surface area contributed by atoms with E-state index in [4.69, 9.17) is 5.11 Å². The summed E-state index contributed by atoms with van der Waals surface area (Å²) in [5.74, 6) is -0.131. The first-order valence-corrected chi connectivity index (χ1v) is 8.74. The summed E-state index contributed by atoms with van der Waals surface area (Å²) in [6.45, 7) is 2.85. The van der Waals surface area contributed by atoms with Gasteiger partial charge in [0.05, 0.1) is 17.8 Å². The highest BCUT2D eigenvalue weighted by Crippen LogP contribution is 2.11. The quantitative estimate of drug-likeness (QED) is 0.684. The highest BCUT2D eigenvalue weighted by Gasteiger charge is 2.19. The van der Waals surface area contributed by atoms with E-state index in [-0.39, 0.29) is 10.8 Å². The van der Waals surface area contributed by atoms with Gasteiger partial charge in [-0.05, 0) is 12.0 Å². The van der Waals surface area contributed by atoms with Gasteiger partial charge in [-0.3, -0.25) is 0 Å². The van der Waals surface area contributed by atoms with E-state index in [1.807, 2.05) is 0 Å². The van der Waals surface area contributed by atoms with Gasteiger partial charge >= 0.3 is 0 Å². The predicted octanol–water partition coefficient (Wildman–Crippen LogP) is -0.519. The molecular formula is C9H19NO5S2. The minimum Gasteiger partial charge on any atom is -0.391 e. The summed E-state index contributed by atoms with van der Waals surface area (Å²) >= 11 is 0. The monoisotopic (exact) mass is 285 g/mol. The van der Waals surface area contributed by atoms with Crippen molar-refractivity contribution >= 4 is 19.9 Å². The van der Waals surface area contributed by atoms with Crippen LogP contribution in [0.1, 0.15) is 13.8 Å². The second kappa shape index (κ2) is 5.94. The third-order valence-electron chi connectivity index (χ3n) is 2.07. The van der Waals surface area contributed by atoms with Crippen LogP contribution in [-0.2, 0) is 19.9 Å². The lowest BCUT2D eigenvalue weighted by Crippen LogP contribution is -2.37. The first kappa shape index (κ1) is 16.6. The number of sulfone groups is 1. The largest absolute Gasteiger partial charge is 0.391 e. The van der Waals surface area contributed by atoms with E-state index in [1.165, 1.54) is 6.08 Å². The van der Waals surface area contributed by atoms with Gasteiger partial charge in [0.1, 0.15) is 0 Å². The van der Waals surface area contributed by atoms with Crippen molar-refractivity contribution < 1.29 is 21.9 Å². The van der Waals surface area contributed by atoms with Crippen LogP contribution in [0.3, 0.4) is 0 Å². The first-order chi connectivity index (χ1) is 7.47. The number of rotatable bonds is 6. The Kier molecular flexibility index (Phi) is 5.79. The molecule has 0 spiro atoms. The molecule has 102 valence electrons. The van der Waals surface area contributed by atoms with Gasteiger partial charge in [-0.25, -0.2) is 21.6 Å². The molecule has 8 heteroatoms. The van der Waals surface area contributed by atoms with Gasteiger partial charge in [0.2, 0.25) is 10.0 Å². The van der Waals surface area contributed by atoms with Crippen LogP contribution in [0.15, 0.2) is 11.0 Å². The Balaban J connectivity index is 5.30. The maximum atomic E-state index is 11.3. The third-order valence-corrected chi connectivity index (χ3v) is 3.98. The molecule has 0 amide bonds. The van der Waals surface area contributed by atoms with Gasteiger partial charge in [-0.15, -0.1) is 0 Å². The molecular weight excluding hydrogens is 266 g/mol. The zero-order chi connectivity index (χ0) is 13.9. The number of aliphatic hydroxyl groups excluding tert-OH is 1. The van der Waals surface area contributed by atoms with Crippen molar-refractivity contribution in [1.82, 2.24) is 4.72 Å². The van der Waals surface area contributed by atoms with Gasteiger partial charge < -0.3 is 5.11 Å². The second-order valence-electron chi connectivity index (χ2n) is 4.22. The molecule has 0 radical (unpaired) electrons. The van der Waals surface area contributed by atoms with Crippen LogP contribution < -0.4 is 4.72 Å². The standard InChI is InChI=1S/C9H19NO5S2/c1-7(2)9(10-17(4,14)15)5-8(6-11)16(3,12)13/h5,7,9-11H,6H2,1-4H3/b8-5-/t9-/m1/s1. The number of sulfonamides is 1. The topological polar surface area (TPSA) is 101 Å². The summed E-state index contributed by atoms with van der Waals surface area (Å²) in [6, 6.07) is -0.665. The number of aliphatic hydroxyl groups is 1. The van der Waals surface area contributed by atoms with Crippen LogP contribution in [0.25, 0.3) is 0 Å². The van der Waals surface area contributed by atoms with Crippen molar-refractivity contribution in [2.45, 2.75) is 19.9 Å². The molecule has 0 heterocycles. The highest BCUT2D eigenvalue weighted by molar-refractivity contribution is 7.94. The molecule has 0 aliphatic rings. The zero-order valence-corrected chi connectivity index (χ0v) is 12.0. The maximum Gasteiger partial charge on any atom is 0.209 e. The van der Waals surface area contributed by atoms with Gasteiger partial charge in [-0.1, -0.05) is 13.8 Å². The Bertz CT molecular complexity index is 476. The minimum atomic E-state index is -3.52. The molecule has 0 saturated heterocycles. The van der Waals surface area contributed by atoms with Crippen LogP contribution in [0.5, 0.6) is 0 Å². The second-order valence-corrected chi connectivity index (χ2v) is 8.07. The van der Waals surface area contributed by atoms with Crippen LogP contribution >= 0.6 is 0 Å². The molecule has 0 saturated carbocycles. The van der Waals surface area contributed by atoms with E-state index < -0.39 is 32.5 Å². The smallest absolute Gasteiger partial charge is 0.209 e. The fourth-order valence-corrected chi connectivity index (χ4v) is 2.57. The average molecular weight is 285 g/mol. The lowest BCUT2D eigenvalue weighted by Gasteiger charge is -2.18. The Hall–Kier alpha value is -0.440. The van der Waals surface area contributed by atoms with Gasteiger partial charge in [0.15, 0.2) is 9.84 Å². The lowest BCUT2D eigenvalue weighted by atomic mass is 10.1. The summed E-state index contributed by atoms with van der Waals surface area (Å²) < 4.78 is 47.1. The molecule has 1 atom stereocenters. The highest BCUT2D eigenvalue weighted by atomic mass is 32.2. The van der Waals surface area contributed by atoms with E-state index in [0.29, 0.717) is 0 Å². The normalized spacial score (nSPS) is 16.2. The van der Waals surface area contributed by atoms with Crippen LogP contribution in [0, 0.1) is 5.92 Å². The van der Waals surface area contributed by atoms with E-state index in [2.05, 4.69) is 4.72 Å². The fraction of sp³-hybridized carbons (Fsp3) is 0.778. The first-order valence-electron chi connectivity index (χ1n) is 4.96. The van der Waals surface area contributed by atoms with Gasteiger partial charge in [0.25, 0.3) is 0 Å². The maximum absolute atomic E-state index is 11.3.